The third kappa shape index (κ3) is 2.33. The summed E-state index contributed by atoms with van der Waals surface area (Å²) in [5, 5.41) is 0. The van der Waals surface area contributed by atoms with Gasteiger partial charge in [-0.1, -0.05) is 19.3 Å². The maximum Gasteiger partial charge on any atom is 0.320 e. The van der Waals surface area contributed by atoms with Gasteiger partial charge in [-0.15, -0.1) is 0 Å². The fourth-order valence-corrected chi connectivity index (χ4v) is 3.04. The SMILES string of the molecule is C[C@@H]1CCCN1C(=O)N(C)C1CCCCC1. The van der Waals surface area contributed by atoms with Crippen LogP contribution in [0.25, 0.3) is 0 Å². The normalized spacial score (nSPS) is 27.1. The molecule has 1 saturated heterocycles. The maximum atomic E-state index is 12.3. The number of hydrogen-bond acceptors (Lipinski definition) is 1. The number of likely N-dealkylation sites (tertiary alicyclic amines) is 1. The van der Waals surface area contributed by atoms with Crippen molar-refractivity contribution in [3.8, 4) is 0 Å². The Kier molecular flexibility index (Phi) is 3.72. The van der Waals surface area contributed by atoms with Crippen LogP contribution in [0.15, 0.2) is 0 Å². The summed E-state index contributed by atoms with van der Waals surface area (Å²) in [6, 6.07) is 1.20. The Morgan fingerprint density at radius 3 is 2.38 bits per heavy atom. The number of amides is 2. The van der Waals surface area contributed by atoms with Gasteiger partial charge in [0.1, 0.15) is 0 Å². The Morgan fingerprint density at radius 1 is 1.12 bits per heavy atom. The Bertz CT molecular complexity index is 248. The van der Waals surface area contributed by atoms with Crippen molar-refractivity contribution < 1.29 is 4.79 Å². The number of rotatable bonds is 1. The van der Waals surface area contributed by atoms with Crippen LogP contribution >= 0.6 is 0 Å². The Balaban J connectivity index is 1.92. The second-order valence-electron chi connectivity index (χ2n) is 5.37. The Hall–Kier alpha value is -0.730. The van der Waals surface area contributed by atoms with Crippen molar-refractivity contribution in [1.82, 2.24) is 9.80 Å². The van der Waals surface area contributed by atoms with E-state index in [0.717, 1.165) is 6.54 Å². The second kappa shape index (κ2) is 5.07. The van der Waals surface area contributed by atoms with Gasteiger partial charge in [0, 0.05) is 25.7 Å². The lowest BCUT2D eigenvalue weighted by molar-refractivity contribution is 0.133. The molecule has 0 N–H and O–H groups in total. The molecule has 0 unspecified atom stereocenters. The molecule has 0 bridgehead atoms. The molecule has 0 aromatic heterocycles. The maximum absolute atomic E-state index is 12.3. The van der Waals surface area contributed by atoms with Crippen molar-refractivity contribution in [2.45, 2.75) is 64.0 Å². The fourth-order valence-electron chi connectivity index (χ4n) is 3.04. The average molecular weight is 224 g/mol. The molecule has 2 aliphatic rings. The van der Waals surface area contributed by atoms with Crippen molar-refractivity contribution >= 4 is 6.03 Å². The van der Waals surface area contributed by atoms with Gasteiger partial charge in [0.25, 0.3) is 0 Å². The van der Waals surface area contributed by atoms with Gasteiger partial charge in [0.05, 0.1) is 0 Å². The molecule has 0 radical (unpaired) electrons. The van der Waals surface area contributed by atoms with Crippen LogP contribution in [0.3, 0.4) is 0 Å². The number of carbonyl (C=O) groups excluding carboxylic acids is 1. The van der Waals surface area contributed by atoms with Gasteiger partial charge in [0.2, 0.25) is 0 Å². The summed E-state index contributed by atoms with van der Waals surface area (Å²) in [7, 11) is 1.99. The molecule has 16 heavy (non-hydrogen) atoms. The number of urea groups is 1. The lowest BCUT2D eigenvalue weighted by atomic mass is 9.95. The Labute approximate surface area is 98.8 Å². The molecule has 2 fully saturated rings. The highest BCUT2D eigenvalue weighted by Crippen LogP contribution is 2.24. The Morgan fingerprint density at radius 2 is 1.81 bits per heavy atom. The zero-order valence-corrected chi connectivity index (χ0v) is 10.6. The van der Waals surface area contributed by atoms with Gasteiger partial charge in [-0.2, -0.15) is 0 Å². The summed E-state index contributed by atoms with van der Waals surface area (Å²) in [5.41, 5.74) is 0. The highest BCUT2D eigenvalue weighted by molar-refractivity contribution is 5.75. The predicted octanol–water partition coefficient (Wildman–Crippen LogP) is 2.86. The van der Waals surface area contributed by atoms with Gasteiger partial charge < -0.3 is 9.80 Å². The first-order valence-corrected chi connectivity index (χ1v) is 6.73. The van der Waals surface area contributed by atoms with E-state index in [1.807, 2.05) is 11.9 Å². The summed E-state index contributed by atoms with van der Waals surface area (Å²) < 4.78 is 0. The molecule has 2 rings (SSSR count). The third-order valence-corrected chi connectivity index (χ3v) is 4.22. The van der Waals surface area contributed by atoms with Crippen LogP contribution in [-0.4, -0.2) is 41.5 Å². The largest absolute Gasteiger partial charge is 0.325 e. The van der Waals surface area contributed by atoms with E-state index in [1.165, 1.54) is 44.9 Å². The zero-order chi connectivity index (χ0) is 11.5. The quantitative estimate of drug-likeness (QED) is 0.672. The molecule has 1 heterocycles. The number of hydrogen-bond donors (Lipinski definition) is 0. The molecule has 0 spiro atoms. The van der Waals surface area contributed by atoms with Crippen LogP contribution in [-0.2, 0) is 0 Å². The fraction of sp³-hybridized carbons (Fsp3) is 0.923. The lowest BCUT2D eigenvalue weighted by Crippen LogP contribution is -2.47. The van der Waals surface area contributed by atoms with Crippen LogP contribution in [0, 0.1) is 0 Å². The standard InChI is InChI=1S/C13H24N2O/c1-11-7-6-10-15(11)13(16)14(2)12-8-4-3-5-9-12/h11-12H,3-10H2,1-2H3/t11-/m1/s1. The molecule has 3 heteroatoms. The van der Waals surface area contributed by atoms with Crippen LogP contribution in [0.5, 0.6) is 0 Å². The van der Waals surface area contributed by atoms with Gasteiger partial charge >= 0.3 is 6.03 Å². The number of nitrogens with zero attached hydrogens (tertiary/aromatic N) is 2. The minimum absolute atomic E-state index is 0.261. The van der Waals surface area contributed by atoms with E-state index in [-0.39, 0.29) is 6.03 Å². The van der Waals surface area contributed by atoms with Crippen LogP contribution < -0.4 is 0 Å². The van der Waals surface area contributed by atoms with E-state index in [4.69, 9.17) is 0 Å². The number of carbonyl (C=O) groups is 1. The molecule has 0 aromatic carbocycles. The van der Waals surface area contributed by atoms with Gasteiger partial charge in [-0.05, 0) is 32.6 Å². The third-order valence-electron chi connectivity index (χ3n) is 4.22. The van der Waals surface area contributed by atoms with Crippen molar-refractivity contribution in [3.05, 3.63) is 0 Å². The minimum Gasteiger partial charge on any atom is -0.325 e. The monoisotopic (exact) mass is 224 g/mol. The first kappa shape index (κ1) is 11.7. The topological polar surface area (TPSA) is 23.6 Å². The molecule has 3 nitrogen and oxygen atoms in total. The highest BCUT2D eigenvalue weighted by atomic mass is 16.2. The van der Waals surface area contributed by atoms with E-state index in [1.54, 1.807) is 0 Å². The van der Waals surface area contributed by atoms with Gasteiger partial charge in [-0.3, -0.25) is 0 Å². The van der Waals surface area contributed by atoms with Crippen molar-refractivity contribution in [3.63, 3.8) is 0 Å². The summed E-state index contributed by atoms with van der Waals surface area (Å²) in [5.74, 6) is 0. The summed E-state index contributed by atoms with van der Waals surface area (Å²) in [4.78, 5) is 16.4. The average Bonchev–Trinajstić information content (AvgIpc) is 2.75. The molecule has 0 aromatic rings. The smallest absolute Gasteiger partial charge is 0.320 e. The molecule has 1 atom stereocenters. The molecule has 2 amide bonds. The van der Waals surface area contributed by atoms with Gasteiger partial charge in [-0.25, -0.2) is 4.79 Å². The predicted molar refractivity (Wildman–Crippen MR) is 65.4 cm³/mol. The highest BCUT2D eigenvalue weighted by Gasteiger charge is 2.30. The van der Waals surface area contributed by atoms with E-state index < -0.39 is 0 Å². The molecule has 1 aliphatic heterocycles. The molecular formula is C13H24N2O. The van der Waals surface area contributed by atoms with Crippen molar-refractivity contribution in [2.24, 2.45) is 0 Å². The zero-order valence-electron chi connectivity index (χ0n) is 10.6. The molecule has 1 aliphatic carbocycles. The van der Waals surface area contributed by atoms with Crippen molar-refractivity contribution in [1.29, 1.82) is 0 Å². The minimum atomic E-state index is 0.261. The molecule has 92 valence electrons. The van der Waals surface area contributed by atoms with Crippen LogP contribution in [0.4, 0.5) is 4.79 Å². The van der Waals surface area contributed by atoms with Crippen molar-refractivity contribution in [2.75, 3.05) is 13.6 Å². The molecular weight excluding hydrogens is 200 g/mol. The first-order valence-electron chi connectivity index (χ1n) is 6.73. The van der Waals surface area contributed by atoms with E-state index in [0.29, 0.717) is 12.1 Å². The lowest BCUT2D eigenvalue weighted by Gasteiger charge is -2.35. The molecule has 1 saturated carbocycles. The summed E-state index contributed by atoms with van der Waals surface area (Å²) >= 11 is 0. The second-order valence-corrected chi connectivity index (χ2v) is 5.37. The van der Waals surface area contributed by atoms with E-state index in [2.05, 4.69) is 11.8 Å². The van der Waals surface area contributed by atoms with Gasteiger partial charge in [0.15, 0.2) is 0 Å². The van der Waals surface area contributed by atoms with E-state index in [9.17, 15) is 4.79 Å². The summed E-state index contributed by atoms with van der Waals surface area (Å²) in [6.45, 7) is 3.12. The van der Waals surface area contributed by atoms with E-state index >= 15 is 0 Å². The summed E-state index contributed by atoms with van der Waals surface area (Å²) in [6.07, 6.45) is 8.67. The van der Waals surface area contributed by atoms with Crippen LogP contribution in [0.2, 0.25) is 0 Å². The first-order chi connectivity index (χ1) is 7.70. The van der Waals surface area contributed by atoms with Crippen LogP contribution in [0.1, 0.15) is 51.9 Å².